The molecule has 7 heteroatoms. The van der Waals surface area contributed by atoms with Gasteiger partial charge >= 0.3 is 0 Å². The fourth-order valence-electron chi connectivity index (χ4n) is 2.52. The van der Waals surface area contributed by atoms with Crippen LogP contribution in [0.4, 0.5) is 14.5 Å². The second kappa shape index (κ2) is 5.65. The van der Waals surface area contributed by atoms with Crippen LogP contribution >= 0.6 is 0 Å². The summed E-state index contributed by atoms with van der Waals surface area (Å²) < 4.78 is 51.1. The number of sulfone groups is 1. The van der Waals surface area contributed by atoms with Gasteiger partial charge in [0.15, 0.2) is 9.84 Å². The lowest BCUT2D eigenvalue weighted by Crippen LogP contribution is -2.34. The van der Waals surface area contributed by atoms with Crippen LogP contribution in [0.15, 0.2) is 12.1 Å². The Kier molecular flexibility index (Phi) is 4.29. The highest BCUT2D eigenvalue weighted by atomic mass is 32.2. The molecule has 1 fully saturated rings. The van der Waals surface area contributed by atoms with Crippen molar-refractivity contribution in [1.82, 2.24) is 5.32 Å². The summed E-state index contributed by atoms with van der Waals surface area (Å²) >= 11 is 0. The molecule has 20 heavy (non-hydrogen) atoms. The number of halogens is 2. The first kappa shape index (κ1) is 15.2. The summed E-state index contributed by atoms with van der Waals surface area (Å²) in [6.07, 6.45) is 0.399. The minimum Gasteiger partial charge on any atom is -0.366 e. The van der Waals surface area contributed by atoms with Crippen molar-refractivity contribution in [3.63, 3.8) is 0 Å². The lowest BCUT2D eigenvalue weighted by atomic mass is 10.1. The number of benzene rings is 1. The lowest BCUT2D eigenvalue weighted by molar-refractivity contribution is 0.557. The molecule has 1 heterocycles. The molecule has 4 nitrogen and oxygen atoms in total. The monoisotopic (exact) mass is 304 g/mol. The molecule has 0 saturated carbocycles. The predicted molar refractivity (Wildman–Crippen MR) is 74.6 cm³/mol. The van der Waals surface area contributed by atoms with Gasteiger partial charge in [-0.25, -0.2) is 17.2 Å². The molecule has 0 bridgehead atoms. The molecule has 2 rings (SSSR count). The zero-order valence-electron chi connectivity index (χ0n) is 11.5. The van der Waals surface area contributed by atoms with Crippen molar-refractivity contribution in [2.75, 3.05) is 30.5 Å². The van der Waals surface area contributed by atoms with Gasteiger partial charge in [-0.3, -0.25) is 0 Å². The molecule has 1 atom stereocenters. The molecular formula is C13H18F2N2O2S. The van der Waals surface area contributed by atoms with Crippen molar-refractivity contribution in [3.05, 3.63) is 29.3 Å². The highest BCUT2D eigenvalue weighted by Gasteiger charge is 2.32. The third-order valence-electron chi connectivity index (χ3n) is 3.57. The molecule has 1 saturated heterocycles. The minimum atomic E-state index is -3.09. The number of rotatable bonds is 4. The first-order valence-electron chi connectivity index (χ1n) is 6.40. The topological polar surface area (TPSA) is 49.4 Å². The van der Waals surface area contributed by atoms with Gasteiger partial charge in [-0.1, -0.05) is 0 Å². The highest BCUT2D eigenvalue weighted by Crippen LogP contribution is 2.29. The molecule has 1 aromatic rings. The van der Waals surface area contributed by atoms with E-state index < -0.39 is 21.5 Å². The molecule has 112 valence electrons. The van der Waals surface area contributed by atoms with Crippen molar-refractivity contribution in [2.45, 2.75) is 19.0 Å². The van der Waals surface area contributed by atoms with Crippen molar-refractivity contribution >= 4 is 15.5 Å². The Balaban J connectivity index is 2.28. The quantitative estimate of drug-likeness (QED) is 0.911. The Bertz CT molecular complexity index is 581. The number of hydrogen-bond acceptors (Lipinski definition) is 4. The van der Waals surface area contributed by atoms with E-state index in [1.165, 1.54) is 24.1 Å². The maximum Gasteiger partial charge on any atom is 0.152 e. The Morgan fingerprint density at radius 1 is 1.35 bits per heavy atom. The van der Waals surface area contributed by atoms with E-state index in [1.807, 2.05) is 0 Å². The van der Waals surface area contributed by atoms with Crippen LogP contribution in [0.1, 0.15) is 12.0 Å². The SMILES string of the molecule is CNCc1cc(F)c(N(C)C2CCS(=O)(=O)C2)c(F)c1. The Morgan fingerprint density at radius 3 is 2.40 bits per heavy atom. The predicted octanol–water partition coefficient (Wildman–Crippen LogP) is 1.31. The van der Waals surface area contributed by atoms with Crippen LogP contribution in [-0.4, -0.2) is 40.1 Å². The van der Waals surface area contributed by atoms with E-state index in [2.05, 4.69) is 5.32 Å². The van der Waals surface area contributed by atoms with Gasteiger partial charge in [-0.15, -0.1) is 0 Å². The third kappa shape index (κ3) is 3.09. The normalized spacial score (nSPS) is 21.1. The largest absolute Gasteiger partial charge is 0.366 e. The van der Waals surface area contributed by atoms with Crippen molar-refractivity contribution in [2.24, 2.45) is 0 Å². The van der Waals surface area contributed by atoms with Crippen LogP contribution in [0.2, 0.25) is 0 Å². The number of nitrogens with one attached hydrogen (secondary N) is 1. The first-order chi connectivity index (χ1) is 9.34. The summed E-state index contributed by atoms with van der Waals surface area (Å²) in [5.74, 6) is -1.31. The lowest BCUT2D eigenvalue weighted by Gasteiger charge is -2.26. The van der Waals surface area contributed by atoms with Gasteiger partial charge in [0, 0.05) is 19.6 Å². The van der Waals surface area contributed by atoms with E-state index in [1.54, 1.807) is 7.05 Å². The maximum absolute atomic E-state index is 14.1. The van der Waals surface area contributed by atoms with Crippen molar-refractivity contribution < 1.29 is 17.2 Å². The fourth-order valence-corrected chi connectivity index (χ4v) is 4.30. The fraction of sp³-hybridized carbons (Fsp3) is 0.538. The molecule has 1 unspecified atom stereocenters. The number of hydrogen-bond donors (Lipinski definition) is 1. The van der Waals surface area contributed by atoms with Crippen LogP contribution in [0.5, 0.6) is 0 Å². The average Bonchev–Trinajstić information content (AvgIpc) is 2.69. The van der Waals surface area contributed by atoms with E-state index >= 15 is 0 Å². The summed E-state index contributed by atoms with van der Waals surface area (Å²) in [4.78, 5) is 1.40. The summed E-state index contributed by atoms with van der Waals surface area (Å²) in [5.41, 5.74) is 0.352. The van der Waals surface area contributed by atoms with Crippen LogP contribution in [0.25, 0.3) is 0 Å². The van der Waals surface area contributed by atoms with E-state index in [9.17, 15) is 17.2 Å². The van der Waals surface area contributed by atoms with E-state index in [4.69, 9.17) is 0 Å². The molecule has 0 aliphatic carbocycles. The zero-order chi connectivity index (χ0) is 14.9. The molecule has 1 N–H and O–H groups in total. The summed E-state index contributed by atoms with van der Waals surface area (Å²) in [5, 5.41) is 2.83. The average molecular weight is 304 g/mol. The minimum absolute atomic E-state index is 0.0549. The van der Waals surface area contributed by atoms with Gasteiger partial charge in [0.2, 0.25) is 0 Å². The van der Waals surface area contributed by atoms with Gasteiger partial charge in [-0.2, -0.15) is 0 Å². The molecule has 1 aromatic carbocycles. The Hall–Kier alpha value is -1.21. The van der Waals surface area contributed by atoms with Gasteiger partial charge in [0.1, 0.15) is 17.3 Å². The molecule has 1 aliphatic rings. The number of nitrogens with zero attached hydrogens (tertiary/aromatic N) is 1. The third-order valence-corrected chi connectivity index (χ3v) is 5.32. The molecule has 0 spiro atoms. The van der Waals surface area contributed by atoms with Crippen LogP contribution in [-0.2, 0) is 16.4 Å². The molecule has 0 aromatic heterocycles. The van der Waals surface area contributed by atoms with E-state index in [0.29, 0.717) is 18.5 Å². The van der Waals surface area contributed by atoms with Crippen LogP contribution in [0.3, 0.4) is 0 Å². The summed E-state index contributed by atoms with van der Waals surface area (Å²) in [6, 6.07) is 2.17. The van der Waals surface area contributed by atoms with Crippen LogP contribution < -0.4 is 10.2 Å². The smallest absolute Gasteiger partial charge is 0.152 e. The molecule has 0 radical (unpaired) electrons. The van der Waals surface area contributed by atoms with Gasteiger partial charge in [0.25, 0.3) is 0 Å². The van der Waals surface area contributed by atoms with Gasteiger partial charge in [-0.05, 0) is 31.2 Å². The summed E-state index contributed by atoms with van der Waals surface area (Å²) in [7, 11) is 0.139. The van der Waals surface area contributed by atoms with Gasteiger partial charge < -0.3 is 10.2 Å². The maximum atomic E-state index is 14.1. The molecular weight excluding hydrogens is 286 g/mol. The summed E-state index contributed by atoms with van der Waals surface area (Å²) in [6.45, 7) is 0.371. The standard InChI is InChI=1S/C13H18F2N2O2S/c1-16-7-9-5-11(14)13(12(15)6-9)17(2)10-3-4-20(18,19)8-10/h5-6,10,16H,3-4,7-8H2,1-2H3. The molecule has 1 aliphatic heterocycles. The highest BCUT2D eigenvalue weighted by molar-refractivity contribution is 7.91. The second-order valence-electron chi connectivity index (χ2n) is 5.11. The first-order valence-corrected chi connectivity index (χ1v) is 8.22. The van der Waals surface area contributed by atoms with E-state index in [-0.39, 0.29) is 23.2 Å². The van der Waals surface area contributed by atoms with Crippen molar-refractivity contribution in [1.29, 1.82) is 0 Å². The zero-order valence-corrected chi connectivity index (χ0v) is 12.3. The second-order valence-corrected chi connectivity index (χ2v) is 7.33. The Morgan fingerprint density at radius 2 is 1.95 bits per heavy atom. The Labute approximate surface area is 117 Å². The van der Waals surface area contributed by atoms with E-state index in [0.717, 1.165) is 0 Å². The molecule has 0 amide bonds. The van der Waals surface area contributed by atoms with Crippen molar-refractivity contribution in [3.8, 4) is 0 Å². The number of anilines is 1. The van der Waals surface area contributed by atoms with Crippen LogP contribution in [0, 0.1) is 11.6 Å². The van der Waals surface area contributed by atoms with Gasteiger partial charge in [0.05, 0.1) is 11.5 Å².